The van der Waals surface area contributed by atoms with E-state index in [1.165, 1.54) is 25.7 Å². The second kappa shape index (κ2) is 5.86. The monoisotopic (exact) mass is 360 g/mol. The Morgan fingerprint density at radius 1 is 1.39 bits per heavy atom. The van der Waals surface area contributed by atoms with E-state index in [1.807, 2.05) is 34.7 Å². The highest BCUT2D eigenvalue weighted by Gasteiger charge is 2.21. The van der Waals surface area contributed by atoms with E-state index < -0.39 is 0 Å². The maximum absolute atomic E-state index is 10.8. The number of nitrogens with zero attached hydrogens (tertiary/aromatic N) is 1. The largest absolute Gasteiger partial charge is 0.382 e. The summed E-state index contributed by atoms with van der Waals surface area (Å²) < 4.78 is 0.686. The zero-order valence-corrected chi connectivity index (χ0v) is 12.5. The number of benzene rings is 1. The van der Waals surface area contributed by atoms with E-state index in [1.54, 1.807) is 6.07 Å². The van der Waals surface area contributed by atoms with E-state index in [-0.39, 0.29) is 10.6 Å². The van der Waals surface area contributed by atoms with Crippen molar-refractivity contribution in [2.24, 2.45) is 5.92 Å². The minimum absolute atomic E-state index is 0.179. The van der Waals surface area contributed by atoms with Crippen LogP contribution in [0, 0.1) is 19.6 Å². The SMILES string of the molecule is CC1CCCCC1Nc1ccc([N+](=O)[O-])c(I)c1. The number of anilines is 1. The minimum Gasteiger partial charge on any atom is -0.382 e. The fourth-order valence-electron chi connectivity index (χ4n) is 2.49. The van der Waals surface area contributed by atoms with E-state index in [9.17, 15) is 10.1 Å². The van der Waals surface area contributed by atoms with Crippen LogP contribution in [-0.4, -0.2) is 11.0 Å². The number of nitro benzene ring substituents is 1. The lowest BCUT2D eigenvalue weighted by atomic mass is 9.86. The highest BCUT2D eigenvalue weighted by Crippen LogP contribution is 2.29. The van der Waals surface area contributed by atoms with Crippen molar-refractivity contribution in [1.29, 1.82) is 0 Å². The molecule has 2 unspecified atom stereocenters. The molecule has 1 N–H and O–H groups in total. The Kier molecular flexibility index (Phi) is 4.42. The van der Waals surface area contributed by atoms with Crippen LogP contribution in [-0.2, 0) is 0 Å². The van der Waals surface area contributed by atoms with Gasteiger partial charge in [0, 0.05) is 17.8 Å². The standard InChI is InChI=1S/C13H17IN2O2/c1-9-4-2-3-5-12(9)15-10-6-7-13(16(17)18)11(14)8-10/h6-9,12,15H,2-5H2,1H3. The van der Waals surface area contributed by atoms with Gasteiger partial charge in [0.2, 0.25) is 0 Å². The highest BCUT2D eigenvalue weighted by atomic mass is 127. The molecule has 1 aliphatic carbocycles. The number of rotatable bonds is 3. The van der Waals surface area contributed by atoms with Crippen molar-refractivity contribution >= 4 is 34.0 Å². The van der Waals surface area contributed by atoms with Crippen LogP contribution in [0.2, 0.25) is 0 Å². The highest BCUT2D eigenvalue weighted by molar-refractivity contribution is 14.1. The average molecular weight is 360 g/mol. The predicted octanol–water partition coefficient (Wildman–Crippen LogP) is 4.19. The molecule has 1 fully saturated rings. The maximum Gasteiger partial charge on any atom is 0.282 e. The smallest absolute Gasteiger partial charge is 0.282 e. The lowest BCUT2D eigenvalue weighted by Crippen LogP contribution is -2.30. The molecule has 0 radical (unpaired) electrons. The number of halogens is 1. The molecule has 2 rings (SSSR count). The molecule has 98 valence electrons. The third-order valence-corrected chi connectivity index (χ3v) is 4.47. The van der Waals surface area contributed by atoms with Gasteiger partial charge in [-0.25, -0.2) is 0 Å². The summed E-state index contributed by atoms with van der Waals surface area (Å²) in [6.07, 6.45) is 5.04. The summed E-state index contributed by atoms with van der Waals surface area (Å²) in [6.45, 7) is 2.27. The van der Waals surface area contributed by atoms with Gasteiger partial charge in [-0.05, 0) is 53.5 Å². The van der Waals surface area contributed by atoms with E-state index in [0.717, 1.165) is 5.69 Å². The first kappa shape index (κ1) is 13.6. The van der Waals surface area contributed by atoms with Crippen molar-refractivity contribution in [1.82, 2.24) is 0 Å². The van der Waals surface area contributed by atoms with Crippen molar-refractivity contribution < 1.29 is 4.92 Å². The topological polar surface area (TPSA) is 55.2 Å². The van der Waals surface area contributed by atoms with E-state index in [0.29, 0.717) is 15.5 Å². The van der Waals surface area contributed by atoms with Gasteiger partial charge in [-0.2, -0.15) is 0 Å². The molecule has 0 saturated heterocycles. The molecular formula is C13H17IN2O2. The molecule has 0 aliphatic heterocycles. The normalized spacial score (nSPS) is 23.7. The fourth-order valence-corrected chi connectivity index (χ4v) is 3.20. The van der Waals surface area contributed by atoms with E-state index in [4.69, 9.17) is 0 Å². The quantitative estimate of drug-likeness (QED) is 0.500. The Hall–Kier alpha value is -0.850. The summed E-state index contributed by atoms with van der Waals surface area (Å²) in [5.74, 6) is 0.673. The van der Waals surface area contributed by atoms with Crippen molar-refractivity contribution in [2.45, 2.75) is 38.6 Å². The summed E-state index contributed by atoms with van der Waals surface area (Å²) in [5.41, 5.74) is 1.17. The minimum atomic E-state index is -0.339. The van der Waals surface area contributed by atoms with Gasteiger partial charge < -0.3 is 5.32 Å². The Labute approximate surface area is 120 Å². The molecule has 0 heterocycles. The van der Waals surface area contributed by atoms with Crippen molar-refractivity contribution in [3.8, 4) is 0 Å². The molecule has 4 nitrogen and oxygen atoms in total. The third-order valence-electron chi connectivity index (χ3n) is 3.61. The molecule has 0 amide bonds. The molecule has 1 aromatic carbocycles. The van der Waals surface area contributed by atoms with Gasteiger partial charge in [0.05, 0.1) is 8.49 Å². The van der Waals surface area contributed by atoms with E-state index in [2.05, 4.69) is 12.2 Å². The van der Waals surface area contributed by atoms with E-state index >= 15 is 0 Å². The van der Waals surface area contributed by atoms with Crippen LogP contribution in [0.25, 0.3) is 0 Å². The summed E-state index contributed by atoms with van der Waals surface area (Å²) in [4.78, 5) is 10.4. The molecule has 1 saturated carbocycles. The van der Waals surface area contributed by atoms with Crippen LogP contribution in [0.5, 0.6) is 0 Å². The molecular weight excluding hydrogens is 343 g/mol. The van der Waals surface area contributed by atoms with Crippen LogP contribution < -0.4 is 5.32 Å². The fraction of sp³-hybridized carbons (Fsp3) is 0.538. The van der Waals surface area contributed by atoms with Crippen LogP contribution in [0.1, 0.15) is 32.6 Å². The number of hydrogen-bond acceptors (Lipinski definition) is 3. The molecule has 5 heteroatoms. The van der Waals surface area contributed by atoms with Crippen molar-refractivity contribution in [3.05, 3.63) is 31.9 Å². The molecule has 1 aliphatic rings. The number of nitro groups is 1. The first-order chi connectivity index (χ1) is 8.58. The third kappa shape index (κ3) is 3.13. The van der Waals surface area contributed by atoms with Gasteiger partial charge in [0.15, 0.2) is 0 Å². The Morgan fingerprint density at radius 3 is 2.72 bits per heavy atom. The second-order valence-electron chi connectivity index (χ2n) is 4.94. The van der Waals surface area contributed by atoms with Gasteiger partial charge in [-0.3, -0.25) is 10.1 Å². The summed E-state index contributed by atoms with van der Waals surface area (Å²) in [7, 11) is 0. The number of hydrogen-bond donors (Lipinski definition) is 1. The molecule has 0 bridgehead atoms. The average Bonchev–Trinajstić information content (AvgIpc) is 2.32. The summed E-state index contributed by atoms with van der Waals surface area (Å²) >= 11 is 2.02. The lowest BCUT2D eigenvalue weighted by Gasteiger charge is -2.30. The first-order valence-corrected chi connectivity index (χ1v) is 7.36. The molecule has 1 aromatic rings. The van der Waals surface area contributed by atoms with Crippen molar-refractivity contribution in [3.63, 3.8) is 0 Å². The van der Waals surface area contributed by atoms with Gasteiger partial charge in [0.25, 0.3) is 5.69 Å². The zero-order chi connectivity index (χ0) is 13.1. The predicted molar refractivity (Wildman–Crippen MR) is 80.9 cm³/mol. The lowest BCUT2D eigenvalue weighted by molar-refractivity contribution is -0.385. The molecule has 18 heavy (non-hydrogen) atoms. The van der Waals surface area contributed by atoms with Crippen molar-refractivity contribution in [2.75, 3.05) is 5.32 Å². The molecule has 0 spiro atoms. The van der Waals surface area contributed by atoms with Gasteiger partial charge >= 0.3 is 0 Å². The van der Waals surface area contributed by atoms with Gasteiger partial charge in [-0.1, -0.05) is 19.8 Å². The van der Waals surface area contributed by atoms with Crippen LogP contribution in [0.3, 0.4) is 0 Å². The Morgan fingerprint density at radius 2 is 2.11 bits per heavy atom. The van der Waals surface area contributed by atoms with Gasteiger partial charge in [0.1, 0.15) is 0 Å². The van der Waals surface area contributed by atoms with Crippen LogP contribution in [0.4, 0.5) is 11.4 Å². The summed E-state index contributed by atoms with van der Waals surface area (Å²) in [5, 5.41) is 14.3. The Bertz CT molecular complexity index is 451. The Balaban J connectivity index is 2.10. The van der Waals surface area contributed by atoms with Crippen LogP contribution in [0.15, 0.2) is 18.2 Å². The molecule has 0 aromatic heterocycles. The summed E-state index contributed by atoms with van der Waals surface area (Å²) in [6, 6.07) is 5.75. The second-order valence-corrected chi connectivity index (χ2v) is 6.10. The molecule has 2 atom stereocenters. The zero-order valence-electron chi connectivity index (χ0n) is 10.4. The maximum atomic E-state index is 10.8. The van der Waals surface area contributed by atoms with Crippen LogP contribution >= 0.6 is 22.6 Å². The number of nitrogens with one attached hydrogen (secondary N) is 1. The van der Waals surface area contributed by atoms with Gasteiger partial charge in [-0.15, -0.1) is 0 Å². The first-order valence-electron chi connectivity index (χ1n) is 6.28.